The highest BCUT2D eigenvalue weighted by molar-refractivity contribution is 5.86. The van der Waals surface area contributed by atoms with Gasteiger partial charge in [-0.25, -0.2) is 4.39 Å². The Morgan fingerprint density at radius 3 is 2.00 bits per heavy atom. The molecule has 0 bridgehead atoms. The summed E-state index contributed by atoms with van der Waals surface area (Å²) in [7, 11) is 0. The zero-order chi connectivity index (χ0) is 23.8. The highest BCUT2D eigenvalue weighted by Gasteiger charge is 2.06. The Morgan fingerprint density at radius 1 is 0.706 bits per heavy atom. The molecule has 4 aromatic carbocycles. The molecule has 1 heteroatoms. The molecule has 4 aromatic rings. The minimum absolute atomic E-state index is 0.289. The molecule has 0 nitrogen and oxygen atoms in total. The van der Waals surface area contributed by atoms with Crippen molar-refractivity contribution < 1.29 is 4.39 Å². The quantitative estimate of drug-likeness (QED) is 0.223. The molecule has 0 saturated carbocycles. The van der Waals surface area contributed by atoms with Crippen LogP contribution in [0.3, 0.4) is 0 Å². The summed E-state index contributed by atoms with van der Waals surface area (Å²) in [6.45, 7) is 4.16. The molecule has 0 aliphatic heterocycles. The van der Waals surface area contributed by atoms with Crippen LogP contribution in [0.25, 0.3) is 10.8 Å². The Labute approximate surface area is 202 Å². The van der Waals surface area contributed by atoms with Gasteiger partial charge in [-0.1, -0.05) is 79.2 Å². The fourth-order valence-corrected chi connectivity index (χ4v) is 3.75. The molecule has 34 heavy (non-hydrogen) atoms. The minimum atomic E-state index is -0.289. The van der Waals surface area contributed by atoms with Gasteiger partial charge in [0.05, 0.1) is 5.56 Å². The fraction of sp³-hybridized carbons (Fsp3) is 0.152. The Morgan fingerprint density at radius 2 is 1.32 bits per heavy atom. The van der Waals surface area contributed by atoms with E-state index in [0.717, 1.165) is 41.3 Å². The van der Waals surface area contributed by atoms with Crippen molar-refractivity contribution in [3.05, 3.63) is 130 Å². The first-order valence-corrected chi connectivity index (χ1v) is 11.7. The van der Waals surface area contributed by atoms with E-state index in [0.29, 0.717) is 10.9 Å². The van der Waals surface area contributed by atoms with Crippen molar-refractivity contribution in [3.8, 4) is 23.7 Å². The first-order valence-electron chi connectivity index (χ1n) is 11.7. The summed E-state index contributed by atoms with van der Waals surface area (Å²) < 4.78 is 15.1. The number of aryl methyl sites for hydroxylation is 2. The van der Waals surface area contributed by atoms with E-state index in [4.69, 9.17) is 0 Å². The van der Waals surface area contributed by atoms with Crippen LogP contribution in [0.4, 0.5) is 4.39 Å². The molecule has 0 saturated heterocycles. The van der Waals surface area contributed by atoms with E-state index >= 15 is 4.39 Å². The molecule has 0 unspecified atom stereocenters. The minimum Gasteiger partial charge on any atom is -0.205 e. The van der Waals surface area contributed by atoms with E-state index in [1.54, 1.807) is 12.1 Å². The average Bonchev–Trinajstić information content (AvgIpc) is 2.88. The Balaban J connectivity index is 1.51. The molecular weight excluding hydrogens is 415 g/mol. The van der Waals surface area contributed by atoms with Crippen LogP contribution in [0.15, 0.2) is 91.0 Å². The van der Waals surface area contributed by atoms with E-state index in [9.17, 15) is 0 Å². The largest absolute Gasteiger partial charge is 0.205 e. The lowest BCUT2D eigenvalue weighted by Gasteiger charge is -2.03. The molecule has 4 rings (SSSR count). The molecule has 0 fully saturated rings. The Bertz CT molecular complexity index is 1430. The highest BCUT2D eigenvalue weighted by Crippen LogP contribution is 2.22. The number of fused-ring (bicyclic) bond motifs is 1. The van der Waals surface area contributed by atoms with Gasteiger partial charge in [0.15, 0.2) is 0 Å². The van der Waals surface area contributed by atoms with Crippen molar-refractivity contribution in [3.63, 3.8) is 0 Å². The summed E-state index contributed by atoms with van der Waals surface area (Å²) in [6.07, 6.45) is 7.33. The monoisotopic (exact) mass is 442 g/mol. The summed E-state index contributed by atoms with van der Waals surface area (Å²) in [5, 5.41) is 1.38. The standard InChI is InChI=1S/C33H27F/c1-3-5-6-7-26-12-14-27(15-13-26)16-17-29-19-23-32-31(24-29)22-21-30(33(32)34)20-18-28-10-8-25(4-2)9-11-28/h3,5,8-15,19,21-24H,4,6-7H2,1-2H3/b5-3+. The van der Waals surface area contributed by atoms with Crippen molar-refractivity contribution >= 4 is 10.8 Å². The van der Waals surface area contributed by atoms with Gasteiger partial charge in [-0.3, -0.25) is 0 Å². The van der Waals surface area contributed by atoms with E-state index in [1.165, 1.54) is 11.1 Å². The lowest BCUT2D eigenvalue weighted by atomic mass is 10.0. The van der Waals surface area contributed by atoms with Gasteiger partial charge in [0.2, 0.25) is 0 Å². The highest BCUT2D eigenvalue weighted by atomic mass is 19.1. The van der Waals surface area contributed by atoms with Gasteiger partial charge in [0.25, 0.3) is 0 Å². The molecule has 0 N–H and O–H groups in total. The predicted molar refractivity (Wildman–Crippen MR) is 141 cm³/mol. The maximum Gasteiger partial charge on any atom is 0.146 e. The summed E-state index contributed by atoms with van der Waals surface area (Å²) in [6, 6.07) is 25.7. The van der Waals surface area contributed by atoms with Gasteiger partial charge in [-0.15, -0.1) is 0 Å². The van der Waals surface area contributed by atoms with E-state index in [-0.39, 0.29) is 5.82 Å². The van der Waals surface area contributed by atoms with E-state index in [2.05, 4.69) is 79.2 Å². The van der Waals surface area contributed by atoms with Gasteiger partial charge < -0.3 is 0 Å². The lowest BCUT2D eigenvalue weighted by molar-refractivity contribution is 0.636. The van der Waals surface area contributed by atoms with Crippen LogP contribution in [0.2, 0.25) is 0 Å². The first-order chi connectivity index (χ1) is 16.7. The molecule has 166 valence electrons. The topological polar surface area (TPSA) is 0 Å². The van der Waals surface area contributed by atoms with Gasteiger partial charge in [0, 0.05) is 22.1 Å². The molecule has 0 aromatic heterocycles. The number of rotatable bonds is 4. The van der Waals surface area contributed by atoms with Crippen molar-refractivity contribution in [1.82, 2.24) is 0 Å². The second-order valence-corrected chi connectivity index (χ2v) is 8.22. The third-order valence-electron chi connectivity index (χ3n) is 5.80. The SMILES string of the molecule is C/C=C/CCc1ccc(C#Cc2ccc3c(F)c(C#Cc4ccc(CC)cc4)ccc3c2)cc1. The van der Waals surface area contributed by atoms with Gasteiger partial charge >= 0.3 is 0 Å². The van der Waals surface area contributed by atoms with Crippen molar-refractivity contribution in [1.29, 1.82) is 0 Å². The van der Waals surface area contributed by atoms with Crippen molar-refractivity contribution in [2.24, 2.45) is 0 Å². The summed E-state index contributed by atoms with van der Waals surface area (Å²) >= 11 is 0. The van der Waals surface area contributed by atoms with Gasteiger partial charge in [0.1, 0.15) is 5.82 Å². The number of hydrogen-bond donors (Lipinski definition) is 0. The fourth-order valence-electron chi connectivity index (χ4n) is 3.75. The Hall–Kier alpha value is -4.07. The van der Waals surface area contributed by atoms with Crippen molar-refractivity contribution in [2.75, 3.05) is 0 Å². The zero-order valence-corrected chi connectivity index (χ0v) is 19.7. The molecule has 0 amide bonds. The van der Waals surface area contributed by atoms with Crippen LogP contribution in [0.1, 0.15) is 53.6 Å². The number of halogens is 1. The van der Waals surface area contributed by atoms with Crippen LogP contribution in [-0.4, -0.2) is 0 Å². The zero-order valence-electron chi connectivity index (χ0n) is 19.7. The van der Waals surface area contributed by atoms with Crippen LogP contribution in [-0.2, 0) is 12.8 Å². The van der Waals surface area contributed by atoms with Crippen LogP contribution in [0.5, 0.6) is 0 Å². The number of benzene rings is 4. The summed E-state index contributed by atoms with van der Waals surface area (Å²) in [5.41, 5.74) is 5.69. The second kappa shape index (κ2) is 11.2. The molecule has 0 radical (unpaired) electrons. The van der Waals surface area contributed by atoms with E-state index in [1.807, 2.05) is 37.3 Å². The summed E-state index contributed by atoms with van der Waals surface area (Å²) in [4.78, 5) is 0. The smallest absolute Gasteiger partial charge is 0.146 e. The molecular formula is C33H27F. The molecule has 0 heterocycles. The normalized spacial score (nSPS) is 10.6. The van der Waals surface area contributed by atoms with Gasteiger partial charge in [-0.2, -0.15) is 0 Å². The average molecular weight is 443 g/mol. The first kappa shape index (κ1) is 23.1. The third-order valence-corrected chi connectivity index (χ3v) is 5.80. The summed E-state index contributed by atoms with van der Waals surface area (Å²) in [5.74, 6) is 12.2. The van der Waals surface area contributed by atoms with Gasteiger partial charge in [-0.05, 0) is 85.2 Å². The molecule has 0 spiro atoms. The number of allylic oxidation sites excluding steroid dienone is 2. The maximum atomic E-state index is 15.1. The lowest BCUT2D eigenvalue weighted by Crippen LogP contribution is -1.88. The van der Waals surface area contributed by atoms with Crippen molar-refractivity contribution in [2.45, 2.75) is 33.1 Å². The molecule has 0 aliphatic rings. The third kappa shape index (κ3) is 5.83. The van der Waals surface area contributed by atoms with E-state index < -0.39 is 0 Å². The van der Waals surface area contributed by atoms with Crippen LogP contribution in [0, 0.1) is 29.5 Å². The number of hydrogen-bond acceptors (Lipinski definition) is 0. The second-order valence-electron chi connectivity index (χ2n) is 8.22. The van der Waals surface area contributed by atoms with Crippen LogP contribution >= 0.6 is 0 Å². The predicted octanol–water partition coefficient (Wildman–Crippen LogP) is 7.85. The van der Waals surface area contributed by atoms with Crippen LogP contribution < -0.4 is 0 Å². The Kier molecular flexibility index (Phi) is 7.60. The maximum absolute atomic E-state index is 15.1. The molecule has 0 aliphatic carbocycles. The molecule has 0 atom stereocenters.